The number of hydrogen-bond donors (Lipinski definition) is 1. The highest BCUT2D eigenvalue weighted by Gasteiger charge is 2.10. The molecule has 1 N–H and O–H groups in total. The van der Waals surface area contributed by atoms with Crippen LogP contribution in [0.5, 0.6) is 0 Å². The monoisotopic (exact) mass is 261 g/mol. The first-order valence-electron chi connectivity index (χ1n) is 6.23. The average molecular weight is 261 g/mol. The second kappa shape index (κ2) is 5.26. The quantitative estimate of drug-likeness (QED) is 0.887. The van der Waals surface area contributed by atoms with Gasteiger partial charge in [-0.3, -0.25) is 14.2 Å². The first-order chi connectivity index (χ1) is 8.97. The van der Waals surface area contributed by atoms with Crippen LogP contribution < -0.4 is 5.32 Å². The molecule has 0 atom stereocenters. The predicted molar refractivity (Wildman–Crippen MR) is 71.5 cm³/mol. The van der Waals surface area contributed by atoms with E-state index in [2.05, 4.69) is 15.5 Å². The van der Waals surface area contributed by atoms with Crippen molar-refractivity contribution < 1.29 is 4.79 Å². The zero-order chi connectivity index (χ0) is 14.0. The molecule has 6 nitrogen and oxygen atoms in total. The molecule has 0 radical (unpaired) electrons. The van der Waals surface area contributed by atoms with E-state index in [-0.39, 0.29) is 12.5 Å². The van der Waals surface area contributed by atoms with Gasteiger partial charge in [0.15, 0.2) is 0 Å². The molecule has 0 aliphatic rings. The Kier molecular flexibility index (Phi) is 3.69. The van der Waals surface area contributed by atoms with Crippen molar-refractivity contribution in [3.05, 3.63) is 34.9 Å². The molecule has 2 aromatic rings. The van der Waals surface area contributed by atoms with Gasteiger partial charge in [-0.2, -0.15) is 10.2 Å². The number of rotatable bonds is 4. The van der Waals surface area contributed by atoms with E-state index in [1.54, 1.807) is 10.9 Å². The Morgan fingerprint density at radius 3 is 2.58 bits per heavy atom. The lowest BCUT2D eigenvalue weighted by atomic mass is 10.2. The highest BCUT2D eigenvalue weighted by atomic mass is 16.2. The number of carbonyl (C=O) groups is 1. The molecule has 0 spiro atoms. The van der Waals surface area contributed by atoms with Gasteiger partial charge < -0.3 is 5.32 Å². The van der Waals surface area contributed by atoms with Crippen LogP contribution in [-0.2, 0) is 24.9 Å². The van der Waals surface area contributed by atoms with E-state index in [1.807, 2.05) is 38.6 Å². The van der Waals surface area contributed by atoms with Gasteiger partial charge in [-0.05, 0) is 26.8 Å². The third-order valence-electron chi connectivity index (χ3n) is 3.20. The van der Waals surface area contributed by atoms with Crippen LogP contribution in [0.3, 0.4) is 0 Å². The SMILES string of the molecule is Cc1ccn(CC(=O)NCc2c(C)nn(C)c2C)n1. The zero-order valence-electron chi connectivity index (χ0n) is 11.8. The Hall–Kier alpha value is -2.11. The predicted octanol–water partition coefficient (Wildman–Crippen LogP) is 0.858. The van der Waals surface area contributed by atoms with Gasteiger partial charge in [0.2, 0.25) is 5.91 Å². The van der Waals surface area contributed by atoms with E-state index >= 15 is 0 Å². The van der Waals surface area contributed by atoms with Crippen molar-refractivity contribution in [2.24, 2.45) is 7.05 Å². The van der Waals surface area contributed by atoms with Crippen molar-refractivity contribution in [3.63, 3.8) is 0 Å². The molecule has 2 rings (SSSR count). The molecule has 0 fully saturated rings. The summed E-state index contributed by atoms with van der Waals surface area (Å²) >= 11 is 0. The topological polar surface area (TPSA) is 64.7 Å². The number of nitrogens with one attached hydrogen (secondary N) is 1. The minimum absolute atomic E-state index is 0.0502. The fraction of sp³-hybridized carbons (Fsp3) is 0.462. The lowest BCUT2D eigenvalue weighted by Gasteiger charge is -2.06. The molecule has 0 aromatic carbocycles. The standard InChI is InChI=1S/C13H19N5O/c1-9-5-6-18(15-9)8-13(19)14-7-12-10(2)16-17(4)11(12)3/h5-6H,7-8H2,1-4H3,(H,14,19). The van der Waals surface area contributed by atoms with Crippen molar-refractivity contribution in [2.75, 3.05) is 0 Å². The van der Waals surface area contributed by atoms with Crippen LogP contribution in [0.25, 0.3) is 0 Å². The summed E-state index contributed by atoms with van der Waals surface area (Å²) in [5.41, 5.74) is 4.02. The number of amides is 1. The third kappa shape index (κ3) is 3.01. The molecule has 6 heteroatoms. The van der Waals surface area contributed by atoms with Gasteiger partial charge in [0.1, 0.15) is 6.54 Å². The van der Waals surface area contributed by atoms with Gasteiger partial charge >= 0.3 is 0 Å². The molecule has 0 bridgehead atoms. The van der Waals surface area contributed by atoms with E-state index < -0.39 is 0 Å². The molecular formula is C13H19N5O. The third-order valence-corrected chi connectivity index (χ3v) is 3.20. The van der Waals surface area contributed by atoms with E-state index in [9.17, 15) is 4.79 Å². The smallest absolute Gasteiger partial charge is 0.241 e. The lowest BCUT2D eigenvalue weighted by molar-refractivity contribution is -0.122. The molecule has 102 valence electrons. The van der Waals surface area contributed by atoms with Gasteiger partial charge in [-0.25, -0.2) is 0 Å². The highest BCUT2D eigenvalue weighted by Crippen LogP contribution is 2.11. The molecule has 0 aliphatic carbocycles. The van der Waals surface area contributed by atoms with Gasteiger partial charge in [0.25, 0.3) is 0 Å². The summed E-state index contributed by atoms with van der Waals surface area (Å²) in [4.78, 5) is 11.8. The molecule has 0 aliphatic heterocycles. The van der Waals surface area contributed by atoms with Crippen molar-refractivity contribution in [1.29, 1.82) is 0 Å². The summed E-state index contributed by atoms with van der Waals surface area (Å²) in [5, 5.41) is 11.4. The minimum atomic E-state index is -0.0502. The molecule has 2 aromatic heterocycles. The summed E-state index contributed by atoms with van der Waals surface area (Å²) in [7, 11) is 1.90. The van der Waals surface area contributed by atoms with Crippen molar-refractivity contribution in [2.45, 2.75) is 33.9 Å². The zero-order valence-corrected chi connectivity index (χ0v) is 11.8. The Morgan fingerprint density at radius 2 is 2.05 bits per heavy atom. The number of nitrogens with zero attached hydrogens (tertiary/aromatic N) is 4. The molecule has 1 amide bonds. The van der Waals surface area contributed by atoms with Gasteiger partial charge in [0, 0.05) is 31.0 Å². The maximum atomic E-state index is 11.8. The number of aryl methyl sites for hydroxylation is 3. The van der Waals surface area contributed by atoms with Crippen molar-refractivity contribution >= 4 is 5.91 Å². The number of aromatic nitrogens is 4. The Labute approximate surface area is 112 Å². The minimum Gasteiger partial charge on any atom is -0.350 e. The van der Waals surface area contributed by atoms with Crippen LogP contribution in [0.4, 0.5) is 0 Å². The second-order valence-electron chi connectivity index (χ2n) is 4.70. The summed E-state index contributed by atoms with van der Waals surface area (Å²) in [6.45, 7) is 6.59. The van der Waals surface area contributed by atoms with Crippen LogP contribution in [0.2, 0.25) is 0 Å². The summed E-state index contributed by atoms with van der Waals surface area (Å²) in [5.74, 6) is -0.0502. The first kappa shape index (κ1) is 13.3. The lowest BCUT2D eigenvalue weighted by Crippen LogP contribution is -2.27. The van der Waals surface area contributed by atoms with Gasteiger partial charge in [0.05, 0.1) is 11.4 Å². The average Bonchev–Trinajstić information content (AvgIpc) is 2.83. The molecule has 0 unspecified atom stereocenters. The number of carbonyl (C=O) groups excluding carboxylic acids is 1. The van der Waals surface area contributed by atoms with Crippen LogP contribution in [-0.4, -0.2) is 25.5 Å². The maximum absolute atomic E-state index is 11.8. The van der Waals surface area contributed by atoms with Crippen LogP contribution in [0.15, 0.2) is 12.3 Å². The maximum Gasteiger partial charge on any atom is 0.241 e. The Morgan fingerprint density at radius 1 is 1.32 bits per heavy atom. The largest absolute Gasteiger partial charge is 0.350 e. The van der Waals surface area contributed by atoms with Crippen molar-refractivity contribution in [3.8, 4) is 0 Å². The Balaban J connectivity index is 1.93. The van der Waals surface area contributed by atoms with Crippen LogP contribution >= 0.6 is 0 Å². The van der Waals surface area contributed by atoms with E-state index in [1.165, 1.54) is 0 Å². The number of hydrogen-bond acceptors (Lipinski definition) is 3. The highest BCUT2D eigenvalue weighted by molar-refractivity contribution is 5.75. The second-order valence-corrected chi connectivity index (χ2v) is 4.70. The molecule has 2 heterocycles. The summed E-state index contributed by atoms with van der Waals surface area (Å²) in [6.07, 6.45) is 1.80. The van der Waals surface area contributed by atoms with Gasteiger partial charge in [-0.15, -0.1) is 0 Å². The fourth-order valence-corrected chi connectivity index (χ4v) is 2.01. The van der Waals surface area contributed by atoms with E-state index in [4.69, 9.17) is 0 Å². The van der Waals surface area contributed by atoms with Gasteiger partial charge in [-0.1, -0.05) is 0 Å². The molecular weight excluding hydrogens is 242 g/mol. The molecule has 0 saturated carbocycles. The Bertz CT molecular complexity index is 596. The summed E-state index contributed by atoms with van der Waals surface area (Å²) in [6, 6.07) is 1.88. The first-order valence-corrected chi connectivity index (χ1v) is 6.23. The van der Waals surface area contributed by atoms with Crippen LogP contribution in [0.1, 0.15) is 22.6 Å². The molecule has 19 heavy (non-hydrogen) atoms. The van der Waals surface area contributed by atoms with Crippen molar-refractivity contribution in [1.82, 2.24) is 24.9 Å². The van der Waals surface area contributed by atoms with E-state index in [0.29, 0.717) is 6.54 Å². The summed E-state index contributed by atoms with van der Waals surface area (Å²) < 4.78 is 3.46. The molecule has 0 saturated heterocycles. The normalized spacial score (nSPS) is 10.7. The van der Waals surface area contributed by atoms with Crippen LogP contribution in [0, 0.1) is 20.8 Å². The fourth-order valence-electron chi connectivity index (χ4n) is 2.01. The van der Waals surface area contributed by atoms with E-state index in [0.717, 1.165) is 22.6 Å².